The van der Waals surface area contributed by atoms with Crippen LogP contribution in [-0.2, 0) is 25.0 Å². The Labute approximate surface area is 324 Å². The van der Waals surface area contributed by atoms with Gasteiger partial charge in [-0.25, -0.2) is 9.36 Å². The van der Waals surface area contributed by atoms with Gasteiger partial charge in [0.1, 0.15) is 23.2 Å². The largest absolute Gasteiger partial charge is 0.585 e. The first-order chi connectivity index (χ1) is 21.5. The molecule has 4 N–H and O–H groups in total. The third-order valence-corrected chi connectivity index (χ3v) is 10.5. The van der Waals surface area contributed by atoms with Crippen molar-refractivity contribution in [2.24, 2.45) is 17.8 Å². The third kappa shape index (κ3) is 11.7. The summed E-state index contributed by atoms with van der Waals surface area (Å²) in [7, 11) is -4.99. The summed E-state index contributed by atoms with van der Waals surface area (Å²) < 4.78 is 34.9. The van der Waals surface area contributed by atoms with Crippen LogP contribution in [0, 0.1) is 38.5 Å². The normalized spacial score (nSPS) is 22.5. The summed E-state index contributed by atoms with van der Waals surface area (Å²) in [6, 6.07) is 0. The van der Waals surface area contributed by atoms with E-state index in [1.807, 2.05) is 6.92 Å². The molecule has 0 amide bonds. The molecule has 0 saturated heterocycles. The average Bonchev–Trinajstić information content (AvgIpc) is 3.25. The average molecular weight is 708 g/mol. The molecule has 3 rings (SSSR count). The van der Waals surface area contributed by atoms with Gasteiger partial charge in [0, 0.05) is 56.9 Å². The molecule has 0 spiro atoms. The van der Waals surface area contributed by atoms with Gasteiger partial charge in [0.05, 0.1) is 6.61 Å². The van der Waals surface area contributed by atoms with E-state index >= 15 is 0 Å². The van der Waals surface area contributed by atoms with Gasteiger partial charge in [0.15, 0.2) is 11.9 Å². The molecule has 1 unspecified atom stereocenters. The van der Waals surface area contributed by atoms with Crippen molar-refractivity contribution in [1.29, 1.82) is 0 Å². The number of fused-ring (bicyclic) bond motifs is 1. The summed E-state index contributed by atoms with van der Waals surface area (Å²) in [6.45, 7) is 16.1. The Morgan fingerprint density at radius 1 is 0.936 bits per heavy atom. The van der Waals surface area contributed by atoms with E-state index in [-0.39, 0.29) is 62.7 Å². The number of carbonyl (C=O) groups excluding carboxylic acids is 1. The van der Waals surface area contributed by atoms with E-state index in [9.17, 15) is 24.5 Å². The number of aliphatic hydroxyl groups is 3. The summed E-state index contributed by atoms with van der Waals surface area (Å²) in [5.41, 5.74) is 2.57. The van der Waals surface area contributed by atoms with Crippen LogP contribution in [0.1, 0.15) is 121 Å². The van der Waals surface area contributed by atoms with Crippen molar-refractivity contribution >= 4 is 65.2 Å². The van der Waals surface area contributed by atoms with Gasteiger partial charge in [-0.2, -0.15) is 0 Å². The van der Waals surface area contributed by atoms with Gasteiger partial charge in [-0.05, 0) is 87.8 Å². The Hall–Kier alpha value is -0.624. The monoisotopic (exact) mass is 707 g/mol. The molecule has 0 aliphatic carbocycles. The molecule has 1 aromatic carbocycles. The van der Waals surface area contributed by atoms with Crippen molar-refractivity contribution in [3.8, 4) is 11.5 Å². The summed E-state index contributed by atoms with van der Waals surface area (Å²) in [6.07, 6.45) is 9.29. The zero-order valence-electron chi connectivity index (χ0n) is 30.1. The van der Waals surface area contributed by atoms with E-state index in [4.69, 9.17) is 23.6 Å². The van der Waals surface area contributed by atoms with E-state index in [0.717, 1.165) is 48.0 Å². The first kappa shape index (κ1) is 42.5. The molecule has 1 radical (unpaired) electrons. The SMILES string of the molecule is Cc1c(C)c2c(c(C)c1OP(=O)(O)OC1=C(O)[C@@H]([C@@H](O)CO)OC1=O)CC[C@@](C)(CCC[C@H](C)CCC[C@H](C)CCCC(C)C)O2.[K]. The smallest absolute Gasteiger partial charge is 0.505 e. The van der Waals surface area contributed by atoms with Gasteiger partial charge in [0.25, 0.3) is 5.76 Å². The molecule has 10 nitrogen and oxygen atoms in total. The Morgan fingerprint density at radius 3 is 2.09 bits per heavy atom. The van der Waals surface area contributed by atoms with E-state index in [1.165, 1.54) is 44.9 Å². The molecule has 47 heavy (non-hydrogen) atoms. The van der Waals surface area contributed by atoms with E-state index in [0.29, 0.717) is 23.5 Å². The number of hydrogen-bond donors (Lipinski definition) is 4. The maximum absolute atomic E-state index is 13.0. The number of hydrogen-bond acceptors (Lipinski definition) is 9. The molecular weight excluding hydrogens is 650 g/mol. The number of aliphatic hydroxyl groups excluding tert-OH is 3. The van der Waals surface area contributed by atoms with Gasteiger partial charge < -0.3 is 33.8 Å². The third-order valence-electron chi connectivity index (χ3n) is 9.71. The van der Waals surface area contributed by atoms with Gasteiger partial charge in [-0.1, -0.05) is 72.6 Å². The van der Waals surface area contributed by atoms with Crippen LogP contribution in [0.15, 0.2) is 11.5 Å². The Bertz CT molecular complexity index is 1300. The summed E-state index contributed by atoms with van der Waals surface area (Å²) in [4.78, 5) is 22.7. The standard InChI is InChI=1S/C35H57O10P.K/c1-21(2)12-9-13-22(3)14-10-15-23(4)16-11-18-35(8)19-17-27-26(7)30(24(5)25(6)31(27)43-35)44-46(40,41)45-33-29(38)32(28(37)20-36)42-34(33)39;/h21-23,28,32,36-38H,9-20H2,1-8H3,(H,40,41);/t22-,23-,28+,32-,35-;/m1./s1. The van der Waals surface area contributed by atoms with E-state index in [1.54, 1.807) is 13.8 Å². The Morgan fingerprint density at radius 2 is 1.51 bits per heavy atom. The zero-order valence-corrected chi connectivity index (χ0v) is 34.1. The number of cyclic esters (lactones) is 1. The van der Waals surface area contributed by atoms with E-state index in [2.05, 4.69) is 34.6 Å². The number of benzene rings is 1. The van der Waals surface area contributed by atoms with Crippen LogP contribution >= 0.6 is 7.82 Å². The molecular formula is C35H57KO10P. The number of esters is 1. The van der Waals surface area contributed by atoms with Gasteiger partial charge in [-0.15, -0.1) is 0 Å². The van der Waals surface area contributed by atoms with Crippen molar-refractivity contribution in [2.75, 3.05) is 6.61 Å². The second-order valence-electron chi connectivity index (χ2n) is 14.4. The minimum atomic E-state index is -4.99. The molecule has 6 atom stereocenters. The van der Waals surface area contributed by atoms with Crippen LogP contribution < -0.4 is 9.26 Å². The topological polar surface area (TPSA) is 152 Å². The Kier molecular flexibility index (Phi) is 16.8. The maximum Gasteiger partial charge on any atom is 0.585 e. The van der Waals surface area contributed by atoms with Crippen molar-refractivity contribution < 1.29 is 48.1 Å². The zero-order chi connectivity index (χ0) is 34.4. The van der Waals surface area contributed by atoms with E-state index < -0.39 is 44.1 Å². The summed E-state index contributed by atoms with van der Waals surface area (Å²) in [5.74, 6) is 0.0670. The van der Waals surface area contributed by atoms with Crippen LogP contribution in [0.25, 0.3) is 0 Å². The Balaban J connectivity index is 0.00000768. The van der Waals surface area contributed by atoms with Crippen molar-refractivity contribution in [3.63, 3.8) is 0 Å². The number of rotatable bonds is 18. The quantitative estimate of drug-likeness (QED) is 0.0695. The first-order valence-corrected chi connectivity index (χ1v) is 18.4. The van der Waals surface area contributed by atoms with Gasteiger partial charge in [-0.3, -0.25) is 4.89 Å². The summed E-state index contributed by atoms with van der Waals surface area (Å²) in [5, 5.41) is 29.1. The van der Waals surface area contributed by atoms with Crippen LogP contribution in [-0.4, -0.2) is 102 Å². The summed E-state index contributed by atoms with van der Waals surface area (Å²) >= 11 is 0. The fourth-order valence-electron chi connectivity index (χ4n) is 6.55. The molecule has 0 aromatic heterocycles. The fraction of sp³-hybridized carbons (Fsp3) is 0.743. The molecule has 12 heteroatoms. The second kappa shape index (κ2) is 18.6. The number of ether oxygens (including phenoxy) is 2. The second-order valence-corrected chi connectivity index (χ2v) is 15.7. The van der Waals surface area contributed by atoms with Crippen LogP contribution in [0.4, 0.5) is 0 Å². The first-order valence-electron chi connectivity index (χ1n) is 16.9. The van der Waals surface area contributed by atoms with Crippen molar-refractivity contribution in [1.82, 2.24) is 0 Å². The minimum Gasteiger partial charge on any atom is -0.505 e. The predicted octanol–water partition coefficient (Wildman–Crippen LogP) is 7.30. The molecule has 0 fully saturated rings. The molecule has 2 aliphatic heterocycles. The van der Waals surface area contributed by atoms with Gasteiger partial charge >= 0.3 is 13.8 Å². The maximum atomic E-state index is 13.0. The van der Waals surface area contributed by atoms with Gasteiger partial charge in [0.2, 0.25) is 0 Å². The molecule has 1 aromatic rings. The number of carbonyl (C=O) groups is 1. The minimum absolute atomic E-state index is 0. The van der Waals surface area contributed by atoms with Crippen molar-refractivity contribution in [3.05, 3.63) is 33.8 Å². The predicted molar refractivity (Wildman–Crippen MR) is 183 cm³/mol. The van der Waals surface area contributed by atoms with Crippen LogP contribution in [0.5, 0.6) is 11.5 Å². The molecule has 2 heterocycles. The fourth-order valence-corrected chi connectivity index (χ4v) is 7.49. The van der Waals surface area contributed by atoms with Crippen LogP contribution in [0.2, 0.25) is 0 Å². The van der Waals surface area contributed by atoms with Crippen molar-refractivity contribution in [2.45, 2.75) is 144 Å². The molecule has 263 valence electrons. The number of phosphoric acid groups is 1. The molecule has 0 bridgehead atoms. The molecule has 0 saturated carbocycles. The molecule has 2 aliphatic rings. The number of phosphoric ester groups is 1. The van der Waals surface area contributed by atoms with Crippen LogP contribution in [0.3, 0.4) is 0 Å².